The van der Waals surface area contributed by atoms with E-state index in [0.29, 0.717) is 35.2 Å². The molecule has 0 fully saturated rings. The molecule has 0 bridgehead atoms. The summed E-state index contributed by atoms with van der Waals surface area (Å²) in [5.74, 6) is 1.19. The van der Waals surface area contributed by atoms with Crippen molar-refractivity contribution < 1.29 is 19.4 Å². The first-order chi connectivity index (χ1) is 15.3. The van der Waals surface area contributed by atoms with Crippen LogP contribution in [0.2, 0.25) is 0 Å². The van der Waals surface area contributed by atoms with Crippen LogP contribution >= 0.6 is 0 Å². The molecule has 3 aromatic rings. The topological polar surface area (TPSA) is 97.6 Å². The number of carbonyl (C=O) groups is 1. The molecule has 2 amide bonds. The predicted octanol–water partition coefficient (Wildman–Crippen LogP) is 4.36. The summed E-state index contributed by atoms with van der Waals surface area (Å²) in [7, 11) is 0. The van der Waals surface area contributed by atoms with E-state index in [2.05, 4.69) is 15.7 Å². The standard InChI is InChI=1S/C24H28N4O4/c1-5-31-20-13-15(2)27-28(20)21-18-14-17(11-12-19(18)32-24(3,4)22(21)29)26-23(30)25-16-9-7-6-8-10-16/h6-14,21-22,29H,5H2,1-4H3,(H2,25,26,30)/t21-,22+/m1/s1. The van der Waals surface area contributed by atoms with Gasteiger partial charge in [0.2, 0.25) is 5.88 Å². The molecule has 0 saturated carbocycles. The molecule has 2 heterocycles. The Balaban J connectivity index is 1.68. The molecule has 1 aliphatic rings. The van der Waals surface area contributed by atoms with Gasteiger partial charge in [-0.3, -0.25) is 0 Å². The number of aromatic nitrogens is 2. The fraction of sp³-hybridized carbons (Fsp3) is 0.333. The first-order valence-electron chi connectivity index (χ1n) is 10.6. The highest BCUT2D eigenvalue weighted by Gasteiger charge is 2.45. The molecule has 0 saturated heterocycles. The van der Waals surface area contributed by atoms with Gasteiger partial charge in [-0.1, -0.05) is 18.2 Å². The van der Waals surface area contributed by atoms with Crippen LogP contribution in [0.3, 0.4) is 0 Å². The molecule has 168 valence electrons. The number of aliphatic hydroxyl groups is 1. The summed E-state index contributed by atoms with van der Waals surface area (Å²) in [5, 5.41) is 21.5. The molecule has 32 heavy (non-hydrogen) atoms. The number of benzene rings is 2. The number of amides is 2. The van der Waals surface area contributed by atoms with Gasteiger partial charge in [-0.05, 0) is 58.0 Å². The first-order valence-corrected chi connectivity index (χ1v) is 10.6. The largest absolute Gasteiger partial charge is 0.485 e. The van der Waals surface area contributed by atoms with Crippen molar-refractivity contribution in [1.82, 2.24) is 9.78 Å². The van der Waals surface area contributed by atoms with Crippen molar-refractivity contribution in [3.8, 4) is 11.6 Å². The Labute approximate surface area is 187 Å². The van der Waals surface area contributed by atoms with Crippen LogP contribution in [0, 0.1) is 6.92 Å². The second-order valence-electron chi connectivity index (χ2n) is 8.29. The number of rotatable bonds is 5. The zero-order valence-electron chi connectivity index (χ0n) is 18.6. The highest BCUT2D eigenvalue weighted by molar-refractivity contribution is 5.99. The van der Waals surface area contributed by atoms with Gasteiger partial charge in [0.15, 0.2) is 0 Å². The SMILES string of the molecule is CCOc1cc(C)nn1[C@@H]1c2cc(NC(=O)Nc3ccccc3)ccc2OC(C)(C)[C@H]1O. The van der Waals surface area contributed by atoms with Crippen LogP contribution in [0.1, 0.15) is 38.1 Å². The quantitative estimate of drug-likeness (QED) is 0.552. The van der Waals surface area contributed by atoms with Crippen molar-refractivity contribution in [1.29, 1.82) is 0 Å². The molecule has 1 aliphatic heterocycles. The maximum Gasteiger partial charge on any atom is 0.323 e. The summed E-state index contributed by atoms with van der Waals surface area (Å²) in [6.07, 6.45) is -0.901. The zero-order chi connectivity index (χ0) is 22.9. The number of carbonyl (C=O) groups excluding carboxylic acids is 1. The third kappa shape index (κ3) is 4.27. The lowest BCUT2D eigenvalue weighted by molar-refractivity contribution is -0.0670. The van der Waals surface area contributed by atoms with Gasteiger partial charge in [-0.15, -0.1) is 0 Å². The molecular formula is C24H28N4O4. The van der Waals surface area contributed by atoms with Crippen molar-refractivity contribution in [3.05, 3.63) is 65.9 Å². The van der Waals surface area contributed by atoms with Crippen LogP contribution in [0.25, 0.3) is 0 Å². The number of ether oxygens (including phenoxy) is 2. The van der Waals surface area contributed by atoms with Crippen molar-refractivity contribution in [2.75, 3.05) is 17.2 Å². The molecule has 3 N–H and O–H groups in total. The predicted molar refractivity (Wildman–Crippen MR) is 123 cm³/mol. The number of nitrogens with zero attached hydrogens (tertiary/aromatic N) is 2. The zero-order valence-corrected chi connectivity index (χ0v) is 18.6. The average Bonchev–Trinajstić information content (AvgIpc) is 3.10. The number of hydrogen-bond acceptors (Lipinski definition) is 5. The number of aryl methyl sites for hydroxylation is 1. The summed E-state index contributed by atoms with van der Waals surface area (Å²) in [6, 6.07) is 15.5. The molecule has 0 aliphatic carbocycles. The second kappa shape index (κ2) is 8.55. The monoisotopic (exact) mass is 436 g/mol. The number of para-hydroxylation sites is 1. The highest BCUT2D eigenvalue weighted by Crippen LogP contribution is 2.44. The van der Waals surface area contributed by atoms with Gasteiger partial charge in [0.1, 0.15) is 23.5 Å². The van der Waals surface area contributed by atoms with Crippen LogP contribution in [0.5, 0.6) is 11.6 Å². The summed E-state index contributed by atoms with van der Waals surface area (Å²) >= 11 is 0. The van der Waals surface area contributed by atoms with Crippen LogP contribution < -0.4 is 20.1 Å². The fourth-order valence-electron chi connectivity index (χ4n) is 3.87. The van der Waals surface area contributed by atoms with Crippen LogP contribution in [-0.4, -0.2) is 39.2 Å². The van der Waals surface area contributed by atoms with E-state index in [9.17, 15) is 9.90 Å². The van der Waals surface area contributed by atoms with Gasteiger partial charge in [-0.25, -0.2) is 9.48 Å². The van der Waals surface area contributed by atoms with Crippen molar-refractivity contribution in [3.63, 3.8) is 0 Å². The molecule has 0 unspecified atom stereocenters. The second-order valence-corrected chi connectivity index (χ2v) is 8.29. The highest BCUT2D eigenvalue weighted by atomic mass is 16.5. The van der Waals surface area contributed by atoms with Crippen molar-refractivity contribution in [2.24, 2.45) is 0 Å². The van der Waals surface area contributed by atoms with E-state index in [1.165, 1.54) is 0 Å². The lowest BCUT2D eigenvalue weighted by atomic mass is 9.86. The van der Waals surface area contributed by atoms with E-state index in [-0.39, 0.29) is 6.03 Å². The van der Waals surface area contributed by atoms with Crippen molar-refractivity contribution in [2.45, 2.75) is 45.4 Å². The van der Waals surface area contributed by atoms with E-state index >= 15 is 0 Å². The molecule has 2 aromatic carbocycles. The number of aliphatic hydroxyl groups excluding tert-OH is 1. The smallest absolute Gasteiger partial charge is 0.323 e. The van der Waals surface area contributed by atoms with Gasteiger partial charge in [0, 0.05) is 23.0 Å². The Morgan fingerprint density at radius 3 is 2.59 bits per heavy atom. The number of urea groups is 1. The number of fused-ring (bicyclic) bond motifs is 1. The molecule has 0 spiro atoms. The minimum atomic E-state index is -0.901. The van der Waals surface area contributed by atoms with E-state index in [1.54, 1.807) is 22.9 Å². The molecular weight excluding hydrogens is 408 g/mol. The summed E-state index contributed by atoms with van der Waals surface area (Å²) in [5.41, 5.74) is 1.90. The summed E-state index contributed by atoms with van der Waals surface area (Å²) < 4.78 is 13.6. The molecule has 0 radical (unpaired) electrons. The van der Waals surface area contributed by atoms with Gasteiger partial charge in [0.25, 0.3) is 0 Å². The number of nitrogens with one attached hydrogen (secondary N) is 2. The van der Waals surface area contributed by atoms with Gasteiger partial charge in [0.05, 0.1) is 12.3 Å². The Hall–Kier alpha value is -3.52. The molecule has 8 heteroatoms. The molecule has 4 rings (SSSR count). The molecule has 2 atom stereocenters. The molecule has 8 nitrogen and oxygen atoms in total. The van der Waals surface area contributed by atoms with Gasteiger partial charge >= 0.3 is 6.03 Å². The average molecular weight is 437 g/mol. The van der Waals surface area contributed by atoms with Crippen LogP contribution in [0.4, 0.5) is 16.2 Å². The number of hydrogen-bond donors (Lipinski definition) is 3. The third-order valence-electron chi connectivity index (χ3n) is 5.38. The van der Waals surface area contributed by atoms with E-state index < -0.39 is 17.7 Å². The van der Waals surface area contributed by atoms with Gasteiger partial charge < -0.3 is 25.2 Å². The maximum atomic E-state index is 12.5. The van der Waals surface area contributed by atoms with Gasteiger partial charge in [-0.2, -0.15) is 5.10 Å². The minimum Gasteiger partial charge on any atom is -0.485 e. The van der Waals surface area contributed by atoms with E-state index in [1.807, 2.05) is 64.1 Å². The minimum absolute atomic E-state index is 0.366. The van der Waals surface area contributed by atoms with Crippen LogP contribution in [0.15, 0.2) is 54.6 Å². The van der Waals surface area contributed by atoms with Crippen molar-refractivity contribution >= 4 is 17.4 Å². The normalized spacial score (nSPS) is 18.9. The van der Waals surface area contributed by atoms with E-state index in [0.717, 1.165) is 5.69 Å². The number of anilines is 2. The Bertz CT molecular complexity index is 1110. The third-order valence-corrected chi connectivity index (χ3v) is 5.38. The summed E-state index contributed by atoms with van der Waals surface area (Å²) in [6.45, 7) is 7.93. The Morgan fingerprint density at radius 2 is 1.88 bits per heavy atom. The first kappa shape index (κ1) is 21.7. The molecule has 1 aromatic heterocycles. The Morgan fingerprint density at radius 1 is 1.16 bits per heavy atom. The lowest BCUT2D eigenvalue weighted by Gasteiger charge is -2.42. The summed E-state index contributed by atoms with van der Waals surface area (Å²) in [4.78, 5) is 12.5. The lowest BCUT2D eigenvalue weighted by Crippen LogP contribution is -2.50. The van der Waals surface area contributed by atoms with E-state index in [4.69, 9.17) is 9.47 Å². The fourth-order valence-corrected chi connectivity index (χ4v) is 3.87. The maximum absolute atomic E-state index is 12.5. The van der Waals surface area contributed by atoms with Crippen LogP contribution in [-0.2, 0) is 0 Å². The Kier molecular flexibility index (Phi) is 5.80.